The van der Waals surface area contributed by atoms with Gasteiger partial charge in [-0.1, -0.05) is 29.3 Å². The minimum absolute atomic E-state index is 0.127. The standard InChI is InChI=1S/C18H16Cl2F2N2O/c1-11-18(25)24(17-5-3-13(19)8-15(17)20)7-6-23(11)10-12-2-4-14(21)9-16(12)22/h2-5,8-9,11H,6-7,10H2,1H3/t11-/m1/s1. The average Bonchev–Trinajstić information content (AvgIpc) is 2.55. The van der Waals surface area contributed by atoms with Gasteiger partial charge in [-0.2, -0.15) is 0 Å². The van der Waals surface area contributed by atoms with Gasteiger partial charge in [0.15, 0.2) is 0 Å². The summed E-state index contributed by atoms with van der Waals surface area (Å²) in [4.78, 5) is 16.2. The van der Waals surface area contributed by atoms with Gasteiger partial charge in [0.1, 0.15) is 11.6 Å². The lowest BCUT2D eigenvalue weighted by Crippen LogP contribution is -2.55. The van der Waals surface area contributed by atoms with Crippen LogP contribution in [0, 0.1) is 11.6 Å². The van der Waals surface area contributed by atoms with Gasteiger partial charge < -0.3 is 4.90 Å². The van der Waals surface area contributed by atoms with Crippen LogP contribution in [0.2, 0.25) is 10.0 Å². The zero-order valence-electron chi connectivity index (χ0n) is 13.5. The van der Waals surface area contributed by atoms with Gasteiger partial charge in [0.25, 0.3) is 0 Å². The van der Waals surface area contributed by atoms with Crippen LogP contribution in [-0.2, 0) is 11.3 Å². The number of halogens is 4. The van der Waals surface area contributed by atoms with Crippen molar-refractivity contribution >= 4 is 34.8 Å². The predicted octanol–water partition coefficient (Wildman–Crippen LogP) is 4.51. The summed E-state index contributed by atoms with van der Waals surface area (Å²) in [7, 11) is 0. The normalized spacial score (nSPS) is 18.7. The van der Waals surface area contributed by atoms with Crippen LogP contribution in [0.4, 0.5) is 14.5 Å². The lowest BCUT2D eigenvalue weighted by molar-refractivity contribution is -0.125. The van der Waals surface area contributed by atoms with E-state index >= 15 is 0 Å². The molecule has 1 saturated heterocycles. The van der Waals surface area contributed by atoms with Crippen molar-refractivity contribution in [3.8, 4) is 0 Å². The van der Waals surface area contributed by atoms with E-state index in [0.717, 1.165) is 6.07 Å². The van der Waals surface area contributed by atoms with E-state index in [1.54, 1.807) is 30.0 Å². The molecule has 0 bridgehead atoms. The second kappa shape index (κ2) is 7.28. The van der Waals surface area contributed by atoms with E-state index in [1.807, 2.05) is 4.90 Å². The molecule has 2 aromatic carbocycles. The van der Waals surface area contributed by atoms with Crippen molar-refractivity contribution in [3.05, 3.63) is 63.6 Å². The smallest absolute Gasteiger partial charge is 0.244 e. The Balaban J connectivity index is 1.77. The Morgan fingerprint density at radius 2 is 1.88 bits per heavy atom. The summed E-state index contributed by atoms with van der Waals surface area (Å²) >= 11 is 12.1. The monoisotopic (exact) mass is 384 g/mol. The lowest BCUT2D eigenvalue weighted by Gasteiger charge is -2.39. The molecule has 0 radical (unpaired) electrons. The van der Waals surface area contributed by atoms with Gasteiger partial charge >= 0.3 is 0 Å². The fourth-order valence-electron chi connectivity index (χ4n) is 2.94. The molecule has 1 heterocycles. The molecule has 1 amide bonds. The highest BCUT2D eigenvalue weighted by atomic mass is 35.5. The molecule has 0 saturated carbocycles. The number of anilines is 1. The molecule has 0 spiro atoms. The van der Waals surface area contributed by atoms with E-state index in [0.29, 0.717) is 34.4 Å². The molecule has 0 aromatic heterocycles. The van der Waals surface area contributed by atoms with Crippen LogP contribution < -0.4 is 4.90 Å². The molecule has 1 atom stereocenters. The van der Waals surface area contributed by atoms with Gasteiger partial charge in [-0.3, -0.25) is 9.69 Å². The van der Waals surface area contributed by atoms with Crippen LogP contribution in [-0.4, -0.2) is 29.9 Å². The molecule has 7 heteroatoms. The summed E-state index contributed by atoms with van der Waals surface area (Å²) in [5.41, 5.74) is 0.967. The number of hydrogen-bond donors (Lipinski definition) is 0. The van der Waals surface area contributed by atoms with Crippen molar-refractivity contribution in [1.29, 1.82) is 0 Å². The van der Waals surface area contributed by atoms with Crippen LogP contribution in [0.15, 0.2) is 36.4 Å². The van der Waals surface area contributed by atoms with E-state index in [2.05, 4.69) is 0 Å². The number of carbonyl (C=O) groups excluding carboxylic acids is 1. The van der Waals surface area contributed by atoms with Crippen molar-refractivity contribution in [3.63, 3.8) is 0 Å². The Morgan fingerprint density at radius 3 is 2.56 bits per heavy atom. The number of nitrogens with zero attached hydrogens (tertiary/aromatic N) is 2. The first-order valence-corrected chi connectivity index (χ1v) is 8.57. The third kappa shape index (κ3) is 3.78. The van der Waals surface area contributed by atoms with Crippen LogP contribution in [0.25, 0.3) is 0 Å². The molecule has 1 fully saturated rings. The molecule has 1 aliphatic rings. The molecule has 3 rings (SSSR count). The number of piperazine rings is 1. The first-order valence-electron chi connectivity index (χ1n) is 7.81. The van der Waals surface area contributed by atoms with E-state index in [4.69, 9.17) is 23.2 Å². The number of amides is 1. The first kappa shape index (κ1) is 18.1. The average molecular weight is 385 g/mol. The summed E-state index contributed by atoms with van der Waals surface area (Å²) in [6.45, 7) is 2.97. The summed E-state index contributed by atoms with van der Waals surface area (Å²) in [5.74, 6) is -1.35. The van der Waals surface area contributed by atoms with Crippen molar-refractivity contribution in [1.82, 2.24) is 4.90 Å². The Hall–Kier alpha value is -1.69. The maximum atomic E-state index is 13.9. The van der Waals surface area contributed by atoms with Gasteiger partial charge in [0, 0.05) is 36.3 Å². The highest BCUT2D eigenvalue weighted by Crippen LogP contribution is 2.31. The molecular weight excluding hydrogens is 369 g/mol. The number of carbonyl (C=O) groups is 1. The SMILES string of the molecule is C[C@@H]1C(=O)N(c2ccc(Cl)cc2Cl)CCN1Cc1ccc(F)cc1F. The minimum atomic E-state index is -0.618. The fraction of sp³-hybridized carbons (Fsp3) is 0.278. The van der Waals surface area contributed by atoms with E-state index < -0.39 is 17.7 Å². The van der Waals surface area contributed by atoms with Crippen molar-refractivity contribution in [2.24, 2.45) is 0 Å². The van der Waals surface area contributed by atoms with Crippen LogP contribution >= 0.6 is 23.2 Å². The van der Waals surface area contributed by atoms with Gasteiger partial charge in [-0.15, -0.1) is 0 Å². The Bertz CT molecular complexity index is 816. The summed E-state index contributed by atoms with van der Waals surface area (Å²) in [6.07, 6.45) is 0. The van der Waals surface area contributed by atoms with Gasteiger partial charge in [0.05, 0.1) is 16.8 Å². The van der Waals surface area contributed by atoms with Crippen molar-refractivity contribution in [2.45, 2.75) is 19.5 Å². The topological polar surface area (TPSA) is 23.6 Å². The quantitative estimate of drug-likeness (QED) is 0.777. The molecule has 132 valence electrons. The largest absolute Gasteiger partial charge is 0.308 e. The Morgan fingerprint density at radius 1 is 1.12 bits per heavy atom. The van der Waals surface area contributed by atoms with Gasteiger partial charge in [-0.25, -0.2) is 8.78 Å². The maximum absolute atomic E-state index is 13.9. The zero-order chi connectivity index (χ0) is 18.1. The highest BCUT2D eigenvalue weighted by molar-refractivity contribution is 6.36. The first-order chi connectivity index (χ1) is 11.9. The predicted molar refractivity (Wildman–Crippen MR) is 95.0 cm³/mol. The summed E-state index contributed by atoms with van der Waals surface area (Å²) in [6, 6.07) is 8.01. The molecule has 25 heavy (non-hydrogen) atoms. The third-order valence-corrected chi connectivity index (χ3v) is 4.91. The lowest BCUT2D eigenvalue weighted by atomic mass is 10.1. The van der Waals surface area contributed by atoms with Crippen LogP contribution in [0.1, 0.15) is 12.5 Å². The third-order valence-electron chi connectivity index (χ3n) is 4.37. The Kier molecular flexibility index (Phi) is 5.27. The van der Waals surface area contributed by atoms with E-state index in [-0.39, 0.29) is 12.5 Å². The van der Waals surface area contributed by atoms with Crippen LogP contribution in [0.5, 0.6) is 0 Å². The molecule has 0 aliphatic carbocycles. The molecule has 3 nitrogen and oxygen atoms in total. The molecule has 0 N–H and O–H groups in total. The van der Waals surface area contributed by atoms with Crippen molar-refractivity contribution < 1.29 is 13.6 Å². The summed E-state index contributed by atoms with van der Waals surface area (Å²) < 4.78 is 26.9. The highest BCUT2D eigenvalue weighted by Gasteiger charge is 2.33. The van der Waals surface area contributed by atoms with Crippen LogP contribution in [0.3, 0.4) is 0 Å². The van der Waals surface area contributed by atoms with E-state index in [9.17, 15) is 13.6 Å². The summed E-state index contributed by atoms with van der Waals surface area (Å²) in [5, 5.41) is 0.908. The number of rotatable bonds is 3. The second-order valence-corrected chi connectivity index (χ2v) is 6.81. The minimum Gasteiger partial charge on any atom is -0.308 e. The van der Waals surface area contributed by atoms with Crippen molar-refractivity contribution in [2.75, 3.05) is 18.0 Å². The molecule has 1 aliphatic heterocycles. The Labute approximate surface area is 154 Å². The fourth-order valence-corrected chi connectivity index (χ4v) is 3.45. The zero-order valence-corrected chi connectivity index (χ0v) is 15.0. The maximum Gasteiger partial charge on any atom is 0.244 e. The number of hydrogen-bond acceptors (Lipinski definition) is 2. The number of benzene rings is 2. The van der Waals surface area contributed by atoms with Gasteiger partial charge in [-0.05, 0) is 31.2 Å². The molecule has 2 aromatic rings. The molecule has 0 unspecified atom stereocenters. The van der Waals surface area contributed by atoms with E-state index in [1.165, 1.54) is 12.1 Å². The van der Waals surface area contributed by atoms with Gasteiger partial charge in [0.2, 0.25) is 5.91 Å². The molecular formula is C18H16Cl2F2N2O. The second-order valence-electron chi connectivity index (χ2n) is 5.97.